The Balaban J connectivity index is 0.000000283. The van der Waals surface area contributed by atoms with E-state index in [9.17, 15) is 31.1 Å². The van der Waals surface area contributed by atoms with Gasteiger partial charge in [-0.1, -0.05) is 62.9 Å². The lowest BCUT2D eigenvalue weighted by molar-refractivity contribution is -0.138. The first-order valence-electron chi connectivity index (χ1n) is 11.1. The molecule has 15 heteroatoms. The van der Waals surface area contributed by atoms with E-state index in [0.717, 1.165) is 28.2 Å². The third-order valence-corrected chi connectivity index (χ3v) is 6.85. The van der Waals surface area contributed by atoms with Crippen molar-refractivity contribution in [1.82, 2.24) is 4.98 Å². The third kappa shape index (κ3) is 12.0. The number of H-pyrrole nitrogens is 1. The molecule has 42 heavy (non-hydrogen) atoms. The molecule has 0 amide bonds. The van der Waals surface area contributed by atoms with E-state index in [0.29, 0.717) is 11.8 Å². The summed E-state index contributed by atoms with van der Waals surface area (Å²) in [6.07, 6.45) is -7.46. The Morgan fingerprint density at radius 1 is 0.738 bits per heavy atom. The molecule has 0 unspecified atom stereocenters. The Labute approximate surface area is 259 Å². The second kappa shape index (κ2) is 16.0. The molecule has 4 aromatic rings. The molecule has 5 nitrogen and oxygen atoms in total. The Hall–Kier alpha value is -3.06. The fraction of sp³-hybridized carbons (Fsp3) is 0.148. The standard InChI is InChI=1S/C8H7F3O.C7H7BrO.C7H4ClF3O.C5H3Cl2NO/c1-5-6(8(9,10)11)3-2-4-7(5)12;1-5-2-3-6(9)4-7(5)8;8-6-2-1-4(12)3-5(6)7(9,10)11;6-3-1-2-8-5(9)4(3)7/h2-4,12H,1H3;2-4,9H,1H3;1-3,12H;1-2H,(H,8,9). The average molecular weight is 724 g/mol. The first-order chi connectivity index (χ1) is 19.2. The van der Waals surface area contributed by atoms with Gasteiger partial charge in [0.15, 0.2) is 0 Å². The fourth-order valence-electron chi connectivity index (χ4n) is 2.68. The van der Waals surface area contributed by atoms with Crippen LogP contribution in [0.5, 0.6) is 17.2 Å². The topological polar surface area (TPSA) is 93.5 Å². The minimum absolute atomic E-state index is 0.0409. The second-order valence-corrected chi connectivity index (χ2v) is 10.1. The van der Waals surface area contributed by atoms with Gasteiger partial charge in [0.05, 0.1) is 21.2 Å². The lowest BCUT2D eigenvalue weighted by Crippen LogP contribution is -2.06. The molecule has 0 aliphatic heterocycles. The number of aromatic hydroxyl groups is 3. The minimum Gasteiger partial charge on any atom is -0.508 e. The van der Waals surface area contributed by atoms with Gasteiger partial charge in [-0.05, 0) is 67.9 Å². The predicted octanol–water partition coefficient (Wildman–Crippen LogP) is 9.93. The van der Waals surface area contributed by atoms with Crippen molar-refractivity contribution in [2.75, 3.05) is 0 Å². The van der Waals surface area contributed by atoms with E-state index in [2.05, 4.69) is 20.9 Å². The van der Waals surface area contributed by atoms with Crippen molar-refractivity contribution >= 4 is 50.7 Å². The van der Waals surface area contributed by atoms with Gasteiger partial charge in [-0.25, -0.2) is 0 Å². The summed E-state index contributed by atoms with van der Waals surface area (Å²) in [5.74, 6) is -0.482. The number of phenols is 3. The van der Waals surface area contributed by atoms with E-state index in [1.807, 2.05) is 13.0 Å². The van der Waals surface area contributed by atoms with Gasteiger partial charge in [0.1, 0.15) is 22.3 Å². The summed E-state index contributed by atoms with van der Waals surface area (Å²) in [4.78, 5) is 12.9. The highest BCUT2D eigenvalue weighted by Gasteiger charge is 2.33. The first kappa shape index (κ1) is 37.0. The molecule has 0 atom stereocenters. The zero-order valence-electron chi connectivity index (χ0n) is 21.4. The first-order valence-corrected chi connectivity index (χ1v) is 13.1. The van der Waals surface area contributed by atoms with Gasteiger partial charge >= 0.3 is 12.4 Å². The molecule has 1 aromatic heterocycles. The van der Waals surface area contributed by atoms with Crippen LogP contribution in [0.4, 0.5) is 26.3 Å². The van der Waals surface area contributed by atoms with Gasteiger partial charge in [-0.3, -0.25) is 4.79 Å². The molecule has 4 N–H and O–H groups in total. The van der Waals surface area contributed by atoms with Gasteiger partial charge < -0.3 is 20.3 Å². The molecule has 1 heterocycles. The third-order valence-electron chi connectivity index (χ3n) is 4.87. The largest absolute Gasteiger partial charge is 0.508 e. The van der Waals surface area contributed by atoms with E-state index < -0.39 is 34.3 Å². The van der Waals surface area contributed by atoms with Crippen molar-refractivity contribution in [1.29, 1.82) is 0 Å². The van der Waals surface area contributed by atoms with E-state index in [-0.39, 0.29) is 26.9 Å². The predicted molar refractivity (Wildman–Crippen MR) is 154 cm³/mol. The van der Waals surface area contributed by atoms with Gasteiger partial charge in [0.25, 0.3) is 5.56 Å². The Morgan fingerprint density at radius 2 is 1.29 bits per heavy atom. The second-order valence-electron chi connectivity index (χ2n) is 8.01. The van der Waals surface area contributed by atoms with Gasteiger partial charge in [-0.15, -0.1) is 0 Å². The normalized spacial score (nSPS) is 10.8. The molecular weight excluding hydrogens is 703 g/mol. The lowest BCUT2D eigenvalue weighted by Gasteiger charge is -2.10. The number of alkyl halides is 6. The van der Waals surface area contributed by atoms with Gasteiger partial charge in [0.2, 0.25) is 0 Å². The molecule has 0 aliphatic rings. The van der Waals surface area contributed by atoms with Crippen LogP contribution in [0.25, 0.3) is 0 Å². The molecule has 0 radical (unpaired) electrons. The maximum atomic E-state index is 12.1. The molecule has 0 spiro atoms. The number of hydrogen-bond acceptors (Lipinski definition) is 4. The SMILES string of the molecule is Cc1c(O)cccc1C(F)(F)F.Cc1ccc(O)cc1Br.O=c1[nH]ccc(Cl)c1Cl.Oc1ccc(Cl)c(C(F)(F)F)c1. The van der Waals surface area contributed by atoms with Crippen molar-refractivity contribution < 1.29 is 41.7 Å². The molecule has 0 fully saturated rings. The minimum atomic E-state index is -4.52. The van der Waals surface area contributed by atoms with Crippen LogP contribution in [0, 0.1) is 13.8 Å². The highest BCUT2D eigenvalue weighted by Crippen LogP contribution is 2.36. The molecule has 3 aromatic carbocycles. The maximum absolute atomic E-state index is 12.1. The van der Waals surface area contributed by atoms with Crippen molar-refractivity contribution in [2.24, 2.45) is 0 Å². The summed E-state index contributed by atoms with van der Waals surface area (Å²) in [6.45, 7) is 3.21. The number of phenolic OH excluding ortho intramolecular Hbond substituents is 3. The summed E-state index contributed by atoms with van der Waals surface area (Å²) in [7, 11) is 0. The quantitative estimate of drug-likeness (QED) is 0.136. The lowest BCUT2D eigenvalue weighted by atomic mass is 10.1. The van der Waals surface area contributed by atoms with Crippen molar-refractivity contribution in [3.8, 4) is 17.2 Å². The number of aromatic nitrogens is 1. The van der Waals surface area contributed by atoms with Crippen LogP contribution in [-0.2, 0) is 12.4 Å². The fourth-order valence-corrected chi connectivity index (χ4v) is 3.54. The van der Waals surface area contributed by atoms with Gasteiger partial charge in [-0.2, -0.15) is 26.3 Å². The maximum Gasteiger partial charge on any atom is 0.417 e. The van der Waals surface area contributed by atoms with Gasteiger partial charge in [0, 0.05) is 16.2 Å². The number of halogens is 10. The van der Waals surface area contributed by atoms with E-state index in [1.54, 1.807) is 12.1 Å². The molecule has 0 aliphatic carbocycles. The number of benzene rings is 3. The highest BCUT2D eigenvalue weighted by molar-refractivity contribution is 9.10. The summed E-state index contributed by atoms with van der Waals surface area (Å²) in [6, 6.07) is 12.7. The highest BCUT2D eigenvalue weighted by atomic mass is 79.9. The zero-order chi connectivity index (χ0) is 32.4. The number of hydrogen-bond donors (Lipinski definition) is 4. The monoisotopic (exact) mass is 721 g/mol. The smallest absolute Gasteiger partial charge is 0.417 e. The van der Waals surface area contributed by atoms with Crippen LogP contribution in [0.1, 0.15) is 22.3 Å². The van der Waals surface area contributed by atoms with Crippen LogP contribution in [0.2, 0.25) is 15.1 Å². The average Bonchev–Trinajstić information content (AvgIpc) is 2.88. The summed E-state index contributed by atoms with van der Waals surface area (Å²) in [5.41, 5.74) is -1.17. The molecular formula is C27H21BrCl3F6NO4. The number of aryl methyl sites for hydroxylation is 1. The number of pyridine rings is 1. The Kier molecular flexibility index (Phi) is 14.1. The van der Waals surface area contributed by atoms with E-state index in [4.69, 9.17) is 50.1 Å². The molecule has 0 saturated heterocycles. The molecule has 228 valence electrons. The van der Waals surface area contributed by atoms with Crippen LogP contribution >= 0.6 is 50.7 Å². The van der Waals surface area contributed by atoms with Crippen LogP contribution in [-0.4, -0.2) is 20.3 Å². The molecule has 0 bridgehead atoms. The van der Waals surface area contributed by atoms with Crippen LogP contribution in [0.3, 0.4) is 0 Å². The van der Waals surface area contributed by atoms with E-state index in [1.165, 1.54) is 31.3 Å². The van der Waals surface area contributed by atoms with E-state index >= 15 is 0 Å². The number of nitrogens with one attached hydrogen (secondary N) is 1. The van der Waals surface area contributed by atoms with Crippen LogP contribution < -0.4 is 5.56 Å². The van der Waals surface area contributed by atoms with Crippen LogP contribution in [0.15, 0.2) is 76.1 Å². The number of aromatic amines is 1. The molecule has 4 rings (SSSR count). The summed E-state index contributed by atoms with van der Waals surface area (Å²) < 4.78 is 73.4. The Morgan fingerprint density at radius 3 is 1.71 bits per heavy atom. The van der Waals surface area contributed by atoms with Crippen molar-refractivity contribution in [2.45, 2.75) is 26.2 Å². The number of rotatable bonds is 0. The molecule has 0 saturated carbocycles. The zero-order valence-corrected chi connectivity index (χ0v) is 25.2. The van der Waals surface area contributed by atoms with Crippen molar-refractivity contribution in [3.05, 3.63) is 119 Å². The summed E-state index contributed by atoms with van der Waals surface area (Å²) >= 11 is 19.4. The summed E-state index contributed by atoms with van der Waals surface area (Å²) in [5, 5.41) is 26.5. The Bertz CT molecular complexity index is 1530. The van der Waals surface area contributed by atoms with Crippen molar-refractivity contribution in [3.63, 3.8) is 0 Å².